The molecular weight excluding hydrogens is 270 g/mol. The second-order valence-electron chi connectivity index (χ2n) is 3.59. The number of carboxylic acid groups (broad SMARTS) is 1. The Balaban J connectivity index is 2.31. The Morgan fingerprint density at radius 2 is 1.74 bits per heavy atom. The van der Waals surface area contributed by atoms with Crippen LogP contribution in [0.3, 0.4) is 0 Å². The number of benzene rings is 1. The number of aromatic hydroxyl groups is 2. The number of carbonyl (C=O) groups excluding carboxylic acids is 1. The molecule has 0 atom stereocenters. The van der Waals surface area contributed by atoms with E-state index >= 15 is 0 Å². The van der Waals surface area contributed by atoms with Crippen LogP contribution in [-0.4, -0.2) is 27.2 Å². The number of phenolic OH excluding ortho intramolecular Hbond substituents is 2. The zero-order valence-corrected chi connectivity index (χ0v) is 10.3. The molecule has 0 radical (unpaired) electrons. The number of carboxylic acids is 1. The highest BCUT2D eigenvalue weighted by Gasteiger charge is 2.19. The number of nitrogens with one attached hydrogen (secondary N) is 1. The first-order valence-corrected chi connectivity index (χ1v) is 6.01. The van der Waals surface area contributed by atoms with Gasteiger partial charge in [-0.1, -0.05) is 6.07 Å². The van der Waals surface area contributed by atoms with Gasteiger partial charge >= 0.3 is 5.97 Å². The van der Waals surface area contributed by atoms with Crippen molar-refractivity contribution in [2.75, 3.05) is 5.32 Å². The van der Waals surface area contributed by atoms with E-state index in [4.69, 9.17) is 5.11 Å². The van der Waals surface area contributed by atoms with Gasteiger partial charge in [0.25, 0.3) is 5.91 Å². The van der Waals surface area contributed by atoms with Gasteiger partial charge in [0.05, 0.1) is 5.69 Å². The van der Waals surface area contributed by atoms with E-state index in [9.17, 15) is 19.8 Å². The lowest BCUT2D eigenvalue weighted by Crippen LogP contribution is -2.13. The standard InChI is InChI=1S/C12H9NO5S/c14-7-2-1-3-8(15)9(7)11(16)13-6-4-5-19-10(6)12(17)18/h1-5,14-15H,(H,13,16)(H,17,18). The van der Waals surface area contributed by atoms with Gasteiger partial charge in [0.1, 0.15) is 21.9 Å². The Hall–Kier alpha value is -2.54. The Labute approximate surface area is 111 Å². The minimum Gasteiger partial charge on any atom is -0.507 e. The van der Waals surface area contributed by atoms with Gasteiger partial charge in [-0.3, -0.25) is 4.79 Å². The second-order valence-corrected chi connectivity index (χ2v) is 4.51. The number of phenols is 2. The summed E-state index contributed by atoms with van der Waals surface area (Å²) in [5.74, 6) is -2.71. The normalized spacial score (nSPS) is 10.1. The molecule has 2 aromatic rings. The topological polar surface area (TPSA) is 107 Å². The summed E-state index contributed by atoms with van der Waals surface area (Å²) in [6.45, 7) is 0. The largest absolute Gasteiger partial charge is 0.507 e. The molecule has 0 fully saturated rings. The fourth-order valence-electron chi connectivity index (χ4n) is 1.52. The lowest BCUT2D eigenvalue weighted by atomic mass is 10.1. The summed E-state index contributed by atoms with van der Waals surface area (Å²) in [6.07, 6.45) is 0. The van der Waals surface area contributed by atoms with Crippen LogP contribution in [0.15, 0.2) is 29.6 Å². The Morgan fingerprint density at radius 1 is 1.11 bits per heavy atom. The molecule has 1 aromatic heterocycles. The number of amides is 1. The maximum Gasteiger partial charge on any atom is 0.348 e. The van der Waals surface area contributed by atoms with Crippen molar-refractivity contribution >= 4 is 28.9 Å². The lowest BCUT2D eigenvalue weighted by molar-refractivity contribution is 0.0703. The number of aromatic carboxylic acids is 1. The van der Waals surface area contributed by atoms with Crippen molar-refractivity contribution in [1.82, 2.24) is 0 Å². The van der Waals surface area contributed by atoms with Crippen molar-refractivity contribution in [2.24, 2.45) is 0 Å². The van der Waals surface area contributed by atoms with Crippen LogP contribution in [0.5, 0.6) is 11.5 Å². The predicted octanol–water partition coefficient (Wildman–Crippen LogP) is 2.11. The zero-order chi connectivity index (χ0) is 14.0. The van der Waals surface area contributed by atoms with Crippen LogP contribution in [0.2, 0.25) is 0 Å². The van der Waals surface area contributed by atoms with Gasteiger partial charge in [-0.05, 0) is 23.6 Å². The van der Waals surface area contributed by atoms with Gasteiger partial charge in [-0.15, -0.1) is 11.3 Å². The Bertz CT molecular complexity index is 629. The van der Waals surface area contributed by atoms with Crippen molar-refractivity contribution < 1.29 is 24.9 Å². The highest BCUT2D eigenvalue weighted by Crippen LogP contribution is 2.29. The Kier molecular flexibility index (Phi) is 3.39. The molecule has 98 valence electrons. The monoisotopic (exact) mass is 279 g/mol. The van der Waals surface area contributed by atoms with Crippen molar-refractivity contribution in [3.63, 3.8) is 0 Å². The van der Waals surface area contributed by atoms with E-state index in [2.05, 4.69) is 5.32 Å². The molecule has 1 heterocycles. The van der Waals surface area contributed by atoms with Crippen molar-refractivity contribution in [3.05, 3.63) is 40.1 Å². The maximum absolute atomic E-state index is 11.9. The lowest BCUT2D eigenvalue weighted by Gasteiger charge is -2.07. The van der Waals surface area contributed by atoms with E-state index in [1.165, 1.54) is 29.6 Å². The van der Waals surface area contributed by atoms with Crippen LogP contribution < -0.4 is 5.32 Å². The molecule has 0 unspecified atom stereocenters. The third-order valence-electron chi connectivity index (χ3n) is 2.36. The van der Waals surface area contributed by atoms with Gasteiger partial charge in [0, 0.05) is 0 Å². The summed E-state index contributed by atoms with van der Waals surface area (Å²) in [5.41, 5.74) is -0.185. The average Bonchev–Trinajstić information content (AvgIpc) is 2.76. The van der Waals surface area contributed by atoms with Gasteiger partial charge in [0.15, 0.2) is 0 Å². The van der Waals surface area contributed by atoms with E-state index in [-0.39, 0.29) is 27.6 Å². The number of hydrogen-bond donors (Lipinski definition) is 4. The van der Waals surface area contributed by atoms with Crippen molar-refractivity contribution in [1.29, 1.82) is 0 Å². The number of anilines is 1. The van der Waals surface area contributed by atoms with Gasteiger partial charge in [0.2, 0.25) is 0 Å². The predicted molar refractivity (Wildman–Crippen MR) is 69.0 cm³/mol. The van der Waals surface area contributed by atoms with Crippen LogP contribution in [0, 0.1) is 0 Å². The fourth-order valence-corrected chi connectivity index (χ4v) is 2.21. The third kappa shape index (κ3) is 2.50. The first-order chi connectivity index (χ1) is 9.00. The van der Waals surface area contributed by atoms with Gasteiger partial charge in [-0.25, -0.2) is 4.79 Å². The smallest absolute Gasteiger partial charge is 0.348 e. The summed E-state index contributed by atoms with van der Waals surface area (Å²) in [7, 11) is 0. The molecule has 0 aliphatic rings. The maximum atomic E-state index is 11.9. The van der Waals surface area contributed by atoms with Crippen LogP contribution in [0.25, 0.3) is 0 Å². The van der Waals surface area contributed by atoms with Gasteiger partial charge in [-0.2, -0.15) is 0 Å². The van der Waals surface area contributed by atoms with Crippen molar-refractivity contribution in [3.8, 4) is 11.5 Å². The second kappa shape index (κ2) is 4.99. The molecule has 2 rings (SSSR count). The molecule has 1 aromatic carbocycles. The van der Waals surface area contributed by atoms with E-state index in [0.29, 0.717) is 0 Å². The first-order valence-electron chi connectivity index (χ1n) is 5.13. The van der Waals surface area contributed by atoms with E-state index in [1.807, 2.05) is 0 Å². The summed E-state index contributed by atoms with van der Waals surface area (Å²) >= 11 is 0.964. The van der Waals surface area contributed by atoms with Crippen molar-refractivity contribution in [2.45, 2.75) is 0 Å². The van der Waals surface area contributed by atoms with Gasteiger partial charge < -0.3 is 20.6 Å². The molecule has 1 amide bonds. The van der Waals surface area contributed by atoms with Crippen LogP contribution in [-0.2, 0) is 0 Å². The summed E-state index contributed by atoms with van der Waals surface area (Å²) in [6, 6.07) is 5.32. The Morgan fingerprint density at radius 3 is 2.32 bits per heavy atom. The minimum absolute atomic E-state index is 0.0248. The number of rotatable bonds is 3. The molecule has 0 saturated heterocycles. The molecule has 0 bridgehead atoms. The first kappa shape index (κ1) is 12.9. The number of thiophene rings is 1. The summed E-state index contributed by atoms with van der Waals surface area (Å²) < 4.78 is 0. The molecule has 19 heavy (non-hydrogen) atoms. The number of carbonyl (C=O) groups is 2. The molecule has 4 N–H and O–H groups in total. The summed E-state index contributed by atoms with van der Waals surface area (Å²) in [5, 5.41) is 31.8. The highest BCUT2D eigenvalue weighted by molar-refractivity contribution is 7.12. The van der Waals surface area contributed by atoms with E-state index in [1.54, 1.807) is 0 Å². The molecule has 6 nitrogen and oxygen atoms in total. The quantitative estimate of drug-likeness (QED) is 0.688. The molecule has 7 heteroatoms. The number of hydrogen-bond acceptors (Lipinski definition) is 5. The summed E-state index contributed by atoms with van der Waals surface area (Å²) in [4.78, 5) is 22.8. The fraction of sp³-hybridized carbons (Fsp3) is 0. The third-order valence-corrected chi connectivity index (χ3v) is 3.26. The highest BCUT2D eigenvalue weighted by atomic mass is 32.1. The minimum atomic E-state index is -1.16. The SMILES string of the molecule is O=C(O)c1sccc1NC(=O)c1c(O)cccc1O. The van der Waals surface area contributed by atoms with E-state index in [0.717, 1.165) is 11.3 Å². The van der Waals surface area contributed by atoms with Crippen LogP contribution in [0.4, 0.5) is 5.69 Å². The zero-order valence-electron chi connectivity index (χ0n) is 9.45. The molecule has 0 saturated carbocycles. The average molecular weight is 279 g/mol. The molecule has 0 aliphatic heterocycles. The molecular formula is C12H9NO5S. The van der Waals surface area contributed by atoms with Crippen LogP contribution in [0.1, 0.15) is 20.0 Å². The van der Waals surface area contributed by atoms with E-state index < -0.39 is 11.9 Å². The molecule has 0 spiro atoms. The molecule has 0 aliphatic carbocycles. The van der Waals surface area contributed by atoms with Crippen LogP contribution >= 0.6 is 11.3 Å².